The molecular formula is C24H21NO2. The molecule has 0 bridgehead atoms. The Kier molecular flexibility index (Phi) is 5.95. The van der Waals surface area contributed by atoms with Crippen LogP contribution in [0.2, 0.25) is 0 Å². The van der Waals surface area contributed by atoms with Gasteiger partial charge >= 0.3 is 5.97 Å². The standard InChI is InChI=1S/C24H21NO2/c1-18-3-7-20(8-4-18)11-16-24(26)27-23-14-12-22(13-15-23)25-17-21-9-5-19(2)6-10-21/h3-17H,1-2H3/b16-11+,25-17?. The third-order valence-electron chi connectivity index (χ3n) is 3.98. The highest BCUT2D eigenvalue weighted by Crippen LogP contribution is 2.18. The van der Waals surface area contributed by atoms with Gasteiger partial charge in [0.05, 0.1) is 5.69 Å². The topological polar surface area (TPSA) is 38.7 Å². The van der Waals surface area contributed by atoms with Gasteiger partial charge in [0.1, 0.15) is 5.75 Å². The molecule has 0 aliphatic heterocycles. The number of esters is 1. The van der Waals surface area contributed by atoms with Crippen molar-refractivity contribution >= 4 is 23.9 Å². The fourth-order valence-electron chi connectivity index (χ4n) is 2.39. The smallest absolute Gasteiger partial charge is 0.336 e. The number of rotatable bonds is 5. The first-order valence-electron chi connectivity index (χ1n) is 8.76. The highest BCUT2D eigenvalue weighted by Gasteiger charge is 2.00. The van der Waals surface area contributed by atoms with Gasteiger partial charge in [-0.25, -0.2) is 4.79 Å². The van der Waals surface area contributed by atoms with Crippen LogP contribution in [0, 0.1) is 13.8 Å². The maximum Gasteiger partial charge on any atom is 0.336 e. The molecule has 0 amide bonds. The number of carbonyl (C=O) groups is 1. The van der Waals surface area contributed by atoms with Crippen molar-refractivity contribution in [1.82, 2.24) is 0 Å². The van der Waals surface area contributed by atoms with E-state index in [0.29, 0.717) is 5.75 Å². The molecule has 3 heteroatoms. The molecule has 27 heavy (non-hydrogen) atoms. The van der Waals surface area contributed by atoms with Crippen molar-refractivity contribution in [3.63, 3.8) is 0 Å². The molecule has 0 fully saturated rings. The molecule has 0 saturated heterocycles. The van der Waals surface area contributed by atoms with Gasteiger partial charge in [0, 0.05) is 12.3 Å². The van der Waals surface area contributed by atoms with Crippen molar-refractivity contribution in [2.45, 2.75) is 13.8 Å². The van der Waals surface area contributed by atoms with Gasteiger partial charge in [0.2, 0.25) is 0 Å². The number of hydrogen-bond acceptors (Lipinski definition) is 3. The van der Waals surface area contributed by atoms with Crippen LogP contribution in [-0.4, -0.2) is 12.2 Å². The Labute approximate surface area is 159 Å². The molecule has 3 rings (SSSR count). The molecule has 3 nitrogen and oxygen atoms in total. The minimum atomic E-state index is -0.411. The van der Waals surface area contributed by atoms with Gasteiger partial charge in [-0.2, -0.15) is 0 Å². The summed E-state index contributed by atoms with van der Waals surface area (Å²) < 4.78 is 5.31. The Bertz CT molecular complexity index is 951. The van der Waals surface area contributed by atoms with Gasteiger partial charge in [-0.05, 0) is 55.3 Å². The number of benzene rings is 3. The third kappa shape index (κ3) is 5.79. The van der Waals surface area contributed by atoms with E-state index in [-0.39, 0.29) is 0 Å². The van der Waals surface area contributed by atoms with Gasteiger partial charge in [-0.3, -0.25) is 4.99 Å². The molecule has 0 atom stereocenters. The van der Waals surface area contributed by atoms with Crippen molar-refractivity contribution in [3.05, 3.63) is 101 Å². The van der Waals surface area contributed by atoms with Crippen molar-refractivity contribution in [3.8, 4) is 5.75 Å². The maximum absolute atomic E-state index is 11.9. The molecule has 0 aromatic heterocycles. The molecule has 0 heterocycles. The molecular weight excluding hydrogens is 334 g/mol. The van der Waals surface area contributed by atoms with Crippen molar-refractivity contribution < 1.29 is 9.53 Å². The van der Waals surface area contributed by atoms with E-state index in [2.05, 4.69) is 11.9 Å². The minimum absolute atomic E-state index is 0.411. The summed E-state index contributed by atoms with van der Waals surface area (Å²) in [5.74, 6) is 0.0781. The molecule has 3 aromatic rings. The van der Waals surface area contributed by atoms with Crippen LogP contribution in [0.1, 0.15) is 22.3 Å². The number of nitrogens with zero attached hydrogens (tertiary/aromatic N) is 1. The molecule has 0 N–H and O–H groups in total. The summed E-state index contributed by atoms with van der Waals surface area (Å²) in [6.07, 6.45) is 4.97. The van der Waals surface area contributed by atoms with Crippen LogP contribution in [0.5, 0.6) is 5.75 Å². The van der Waals surface area contributed by atoms with Gasteiger partial charge in [0.15, 0.2) is 0 Å². The van der Waals surface area contributed by atoms with Crippen LogP contribution in [0.4, 0.5) is 5.69 Å². The SMILES string of the molecule is Cc1ccc(C=Nc2ccc(OC(=O)/C=C/c3ccc(C)cc3)cc2)cc1. The lowest BCUT2D eigenvalue weighted by Gasteiger charge is -2.02. The summed E-state index contributed by atoms with van der Waals surface area (Å²) >= 11 is 0. The van der Waals surface area contributed by atoms with E-state index in [1.165, 1.54) is 17.2 Å². The average molecular weight is 355 g/mol. The van der Waals surface area contributed by atoms with E-state index in [9.17, 15) is 4.79 Å². The second-order valence-corrected chi connectivity index (χ2v) is 6.33. The Morgan fingerprint density at radius 1 is 0.778 bits per heavy atom. The minimum Gasteiger partial charge on any atom is -0.423 e. The zero-order valence-corrected chi connectivity index (χ0v) is 15.4. The Morgan fingerprint density at radius 2 is 1.33 bits per heavy atom. The Balaban J connectivity index is 1.57. The molecule has 3 aromatic carbocycles. The van der Waals surface area contributed by atoms with Crippen molar-refractivity contribution in [1.29, 1.82) is 0 Å². The third-order valence-corrected chi connectivity index (χ3v) is 3.98. The summed E-state index contributed by atoms with van der Waals surface area (Å²) in [7, 11) is 0. The number of aliphatic imine (C=N–C) groups is 1. The van der Waals surface area contributed by atoms with Gasteiger partial charge in [-0.1, -0.05) is 59.7 Å². The lowest BCUT2D eigenvalue weighted by atomic mass is 10.1. The molecule has 134 valence electrons. The highest BCUT2D eigenvalue weighted by molar-refractivity contribution is 5.88. The number of hydrogen-bond donors (Lipinski definition) is 0. The second kappa shape index (κ2) is 8.77. The normalized spacial score (nSPS) is 11.2. The van der Waals surface area contributed by atoms with E-state index in [1.54, 1.807) is 18.2 Å². The maximum atomic E-state index is 11.9. The Morgan fingerprint density at radius 3 is 1.93 bits per heavy atom. The van der Waals surface area contributed by atoms with Crippen LogP contribution in [0.3, 0.4) is 0 Å². The first-order valence-corrected chi connectivity index (χ1v) is 8.76. The predicted molar refractivity (Wildman–Crippen MR) is 111 cm³/mol. The van der Waals surface area contributed by atoms with Crippen molar-refractivity contribution in [2.75, 3.05) is 0 Å². The number of carbonyl (C=O) groups excluding carboxylic acids is 1. The zero-order valence-electron chi connectivity index (χ0n) is 15.4. The predicted octanol–water partition coefficient (Wildman–Crippen LogP) is 5.67. The molecule has 0 saturated carbocycles. The van der Waals surface area contributed by atoms with E-state index in [4.69, 9.17) is 4.74 Å². The Hall–Kier alpha value is -3.46. The first kappa shape index (κ1) is 18.3. The molecule has 0 aliphatic carbocycles. The first-order chi connectivity index (χ1) is 13.1. The summed E-state index contributed by atoms with van der Waals surface area (Å²) in [5.41, 5.74) is 5.19. The second-order valence-electron chi connectivity index (χ2n) is 6.33. The van der Waals surface area contributed by atoms with Crippen LogP contribution in [-0.2, 0) is 4.79 Å². The fraction of sp³-hybridized carbons (Fsp3) is 0.0833. The van der Waals surface area contributed by atoms with Gasteiger partial charge < -0.3 is 4.74 Å². The van der Waals surface area contributed by atoms with Gasteiger partial charge in [-0.15, -0.1) is 0 Å². The van der Waals surface area contributed by atoms with E-state index in [1.807, 2.05) is 73.8 Å². The van der Waals surface area contributed by atoms with E-state index >= 15 is 0 Å². The quantitative estimate of drug-likeness (QED) is 0.256. The number of ether oxygens (including phenoxy) is 1. The van der Waals surface area contributed by atoms with Crippen LogP contribution in [0.25, 0.3) is 6.08 Å². The molecule has 0 aliphatic rings. The highest BCUT2D eigenvalue weighted by atomic mass is 16.5. The monoisotopic (exact) mass is 355 g/mol. The average Bonchev–Trinajstić information content (AvgIpc) is 2.68. The summed E-state index contributed by atoms with van der Waals surface area (Å²) in [4.78, 5) is 16.4. The lowest BCUT2D eigenvalue weighted by molar-refractivity contribution is -0.128. The zero-order chi connectivity index (χ0) is 19.1. The van der Waals surface area contributed by atoms with Crippen LogP contribution < -0.4 is 4.74 Å². The van der Waals surface area contributed by atoms with E-state index in [0.717, 1.165) is 16.8 Å². The molecule has 0 unspecified atom stereocenters. The van der Waals surface area contributed by atoms with Crippen molar-refractivity contribution in [2.24, 2.45) is 4.99 Å². The summed E-state index contributed by atoms with van der Waals surface area (Å²) in [6, 6.07) is 23.2. The summed E-state index contributed by atoms with van der Waals surface area (Å²) in [5, 5.41) is 0. The fourth-order valence-corrected chi connectivity index (χ4v) is 2.39. The van der Waals surface area contributed by atoms with Crippen LogP contribution in [0.15, 0.2) is 83.9 Å². The summed E-state index contributed by atoms with van der Waals surface area (Å²) in [6.45, 7) is 4.08. The van der Waals surface area contributed by atoms with Crippen LogP contribution >= 0.6 is 0 Å². The van der Waals surface area contributed by atoms with Gasteiger partial charge in [0.25, 0.3) is 0 Å². The largest absolute Gasteiger partial charge is 0.423 e. The molecule has 0 radical (unpaired) electrons. The molecule has 0 spiro atoms. The van der Waals surface area contributed by atoms with E-state index < -0.39 is 5.97 Å². The number of aryl methyl sites for hydroxylation is 2. The lowest BCUT2D eigenvalue weighted by Crippen LogP contribution is -2.03.